The van der Waals surface area contributed by atoms with Crippen molar-refractivity contribution in [1.82, 2.24) is 0 Å². The number of benzene rings is 2. The Balaban J connectivity index is 2.40. The minimum atomic E-state index is -0.669. The van der Waals surface area contributed by atoms with Gasteiger partial charge in [-0.3, -0.25) is 10.1 Å². The number of halogens is 2. The molecule has 0 saturated heterocycles. The summed E-state index contributed by atoms with van der Waals surface area (Å²) in [6.45, 7) is 0. The minimum absolute atomic E-state index is 0.0573. The van der Waals surface area contributed by atoms with Gasteiger partial charge in [-0.05, 0) is 24.3 Å². The largest absolute Gasteiger partial charge is 0.353 e. The fourth-order valence-electron chi connectivity index (χ4n) is 1.61. The Kier molecular flexibility index (Phi) is 3.82. The highest BCUT2D eigenvalue weighted by atomic mass is 35.5. The van der Waals surface area contributed by atoms with Crippen LogP contribution < -0.4 is 5.32 Å². The van der Waals surface area contributed by atoms with Crippen LogP contribution in [0.1, 0.15) is 5.56 Å². The van der Waals surface area contributed by atoms with Crippen molar-refractivity contribution in [2.75, 3.05) is 5.32 Å². The molecule has 0 radical (unpaired) electrons. The number of nitrogens with zero attached hydrogens (tertiary/aromatic N) is 2. The quantitative estimate of drug-likeness (QED) is 0.684. The van der Waals surface area contributed by atoms with Crippen molar-refractivity contribution in [3.63, 3.8) is 0 Å². The second-order valence-corrected chi connectivity index (χ2v) is 4.23. The number of hydrogen-bond acceptors (Lipinski definition) is 4. The van der Waals surface area contributed by atoms with Crippen molar-refractivity contribution < 1.29 is 9.31 Å². The first kappa shape index (κ1) is 13.8. The maximum absolute atomic E-state index is 13.7. The lowest BCUT2D eigenvalue weighted by Gasteiger charge is -2.08. The Hall–Kier alpha value is -2.65. The summed E-state index contributed by atoms with van der Waals surface area (Å²) in [5.74, 6) is -0.652. The third kappa shape index (κ3) is 2.68. The Bertz CT molecular complexity index is 728. The van der Waals surface area contributed by atoms with E-state index in [9.17, 15) is 14.5 Å². The lowest BCUT2D eigenvalue weighted by Crippen LogP contribution is -1.97. The first-order valence-electron chi connectivity index (χ1n) is 5.42. The van der Waals surface area contributed by atoms with Crippen molar-refractivity contribution in [2.24, 2.45) is 0 Å². The molecule has 0 aromatic heterocycles. The predicted molar refractivity (Wildman–Crippen MR) is 72.5 cm³/mol. The zero-order valence-corrected chi connectivity index (χ0v) is 10.7. The van der Waals surface area contributed by atoms with Crippen LogP contribution >= 0.6 is 11.6 Å². The van der Waals surface area contributed by atoms with Gasteiger partial charge in [-0.25, -0.2) is 4.39 Å². The number of hydrogen-bond donors (Lipinski definition) is 1. The summed E-state index contributed by atoms with van der Waals surface area (Å²) >= 11 is 5.64. The Morgan fingerprint density at radius 3 is 2.75 bits per heavy atom. The SMILES string of the molecule is N#Cc1ccc(Nc2cccc(Cl)c2F)cc1[N+](=O)[O-]. The lowest BCUT2D eigenvalue weighted by molar-refractivity contribution is -0.385. The molecule has 0 amide bonds. The Morgan fingerprint density at radius 1 is 1.35 bits per heavy atom. The van der Waals surface area contributed by atoms with Gasteiger partial charge < -0.3 is 5.32 Å². The highest BCUT2D eigenvalue weighted by Crippen LogP contribution is 2.28. The highest BCUT2D eigenvalue weighted by molar-refractivity contribution is 6.31. The molecule has 7 heteroatoms. The number of rotatable bonds is 3. The summed E-state index contributed by atoms with van der Waals surface area (Å²) in [5.41, 5.74) is -0.0274. The van der Waals surface area contributed by atoms with E-state index in [1.807, 2.05) is 0 Å². The van der Waals surface area contributed by atoms with E-state index < -0.39 is 10.7 Å². The van der Waals surface area contributed by atoms with Crippen molar-refractivity contribution >= 4 is 28.7 Å². The summed E-state index contributed by atoms with van der Waals surface area (Å²) < 4.78 is 13.7. The van der Waals surface area contributed by atoms with Crippen LogP contribution in [0, 0.1) is 27.3 Å². The fourth-order valence-corrected chi connectivity index (χ4v) is 1.79. The van der Waals surface area contributed by atoms with Crippen LogP contribution in [0.4, 0.5) is 21.5 Å². The molecule has 1 N–H and O–H groups in total. The van der Waals surface area contributed by atoms with Crippen LogP contribution in [0.5, 0.6) is 0 Å². The molecule has 0 heterocycles. The van der Waals surface area contributed by atoms with Crippen LogP contribution in [0.2, 0.25) is 5.02 Å². The minimum Gasteiger partial charge on any atom is -0.353 e. The van der Waals surface area contributed by atoms with Gasteiger partial charge in [0.05, 0.1) is 15.6 Å². The molecule has 100 valence electrons. The van der Waals surface area contributed by atoms with Gasteiger partial charge in [-0.15, -0.1) is 0 Å². The van der Waals surface area contributed by atoms with Crippen molar-refractivity contribution in [3.8, 4) is 6.07 Å². The second-order valence-electron chi connectivity index (χ2n) is 3.83. The fraction of sp³-hybridized carbons (Fsp3) is 0. The molecule has 0 spiro atoms. The molecule has 0 fully saturated rings. The van der Waals surface area contributed by atoms with E-state index in [1.165, 1.54) is 30.3 Å². The molecule has 2 rings (SSSR count). The van der Waals surface area contributed by atoms with Gasteiger partial charge in [0.1, 0.15) is 11.6 Å². The number of anilines is 2. The van der Waals surface area contributed by atoms with Crippen LogP contribution in [-0.2, 0) is 0 Å². The number of nitro benzene ring substituents is 1. The Morgan fingerprint density at radius 2 is 2.10 bits per heavy atom. The predicted octanol–water partition coefficient (Wildman–Crippen LogP) is 4.00. The summed E-state index contributed by atoms with van der Waals surface area (Å²) in [7, 11) is 0. The third-order valence-corrected chi connectivity index (χ3v) is 2.84. The molecule has 0 bridgehead atoms. The van der Waals surface area contributed by atoms with E-state index in [2.05, 4.69) is 5.32 Å². The smallest absolute Gasteiger partial charge is 0.289 e. The number of nitriles is 1. The molecular weight excluding hydrogens is 285 g/mol. The summed E-state index contributed by atoms with van der Waals surface area (Å²) in [4.78, 5) is 10.2. The van der Waals surface area contributed by atoms with Gasteiger partial charge in [0.2, 0.25) is 0 Å². The zero-order chi connectivity index (χ0) is 14.7. The maximum Gasteiger partial charge on any atom is 0.289 e. The molecule has 0 aliphatic rings. The molecule has 2 aromatic carbocycles. The van der Waals surface area contributed by atoms with Crippen molar-refractivity contribution in [1.29, 1.82) is 5.26 Å². The average molecular weight is 292 g/mol. The van der Waals surface area contributed by atoms with Gasteiger partial charge >= 0.3 is 0 Å². The summed E-state index contributed by atoms with van der Waals surface area (Å²) in [6.07, 6.45) is 0. The van der Waals surface area contributed by atoms with E-state index in [0.717, 1.165) is 0 Å². The van der Waals surface area contributed by atoms with Gasteiger partial charge in [-0.1, -0.05) is 17.7 Å². The van der Waals surface area contributed by atoms with E-state index in [4.69, 9.17) is 16.9 Å². The van der Waals surface area contributed by atoms with E-state index in [1.54, 1.807) is 12.1 Å². The zero-order valence-electron chi connectivity index (χ0n) is 9.93. The third-order valence-electron chi connectivity index (χ3n) is 2.55. The van der Waals surface area contributed by atoms with Crippen LogP contribution in [0.25, 0.3) is 0 Å². The molecule has 0 unspecified atom stereocenters. The van der Waals surface area contributed by atoms with E-state index >= 15 is 0 Å². The van der Waals surface area contributed by atoms with Gasteiger partial charge in [0, 0.05) is 11.8 Å². The standard InChI is InChI=1S/C13H7ClFN3O2/c14-10-2-1-3-11(13(10)15)17-9-5-4-8(7-16)12(6-9)18(19)20/h1-6,17H. The van der Waals surface area contributed by atoms with Gasteiger partial charge in [-0.2, -0.15) is 5.26 Å². The highest BCUT2D eigenvalue weighted by Gasteiger charge is 2.15. The lowest BCUT2D eigenvalue weighted by atomic mass is 10.1. The summed E-state index contributed by atoms with van der Waals surface area (Å²) in [6, 6.07) is 10.0. The van der Waals surface area contributed by atoms with Crippen LogP contribution in [0.3, 0.4) is 0 Å². The normalized spacial score (nSPS) is 9.85. The van der Waals surface area contributed by atoms with Crippen molar-refractivity contribution in [3.05, 3.63) is 62.9 Å². The molecule has 0 aliphatic heterocycles. The maximum atomic E-state index is 13.7. The van der Waals surface area contributed by atoms with Crippen molar-refractivity contribution in [2.45, 2.75) is 0 Å². The first-order chi connectivity index (χ1) is 9.52. The molecule has 0 atom stereocenters. The monoisotopic (exact) mass is 291 g/mol. The second kappa shape index (κ2) is 5.55. The van der Waals surface area contributed by atoms with Gasteiger partial charge in [0.15, 0.2) is 5.82 Å². The molecule has 2 aromatic rings. The van der Waals surface area contributed by atoms with Crippen LogP contribution in [0.15, 0.2) is 36.4 Å². The molecule has 5 nitrogen and oxygen atoms in total. The molecular formula is C13H7ClFN3O2. The molecule has 20 heavy (non-hydrogen) atoms. The Labute approximate surface area is 118 Å². The topological polar surface area (TPSA) is 79.0 Å². The van der Waals surface area contributed by atoms with E-state index in [0.29, 0.717) is 0 Å². The molecule has 0 saturated carbocycles. The number of nitrogens with one attached hydrogen (secondary N) is 1. The molecule has 0 aliphatic carbocycles. The van der Waals surface area contributed by atoms with Gasteiger partial charge in [0.25, 0.3) is 5.69 Å². The summed E-state index contributed by atoms with van der Waals surface area (Å²) in [5, 5.41) is 22.2. The number of nitro groups is 1. The van der Waals surface area contributed by atoms with E-state index in [-0.39, 0.29) is 27.6 Å². The first-order valence-corrected chi connectivity index (χ1v) is 5.80. The average Bonchev–Trinajstić information content (AvgIpc) is 2.43. The van der Waals surface area contributed by atoms with Crippen LogP contribution in [-0.4, -0.2) is 4.92 Å².